The molecule has 5 heteroatoms. The fraction of sp³-hybridized carbons (Fsp3) is 0. The van der Waals surface area contributed by atoms with Crippen molar-refractivity contribution < 1.29 is 9.59 Å². The Balaban J connectivity index is 2.16. The van der Waals surface area contributed by atoms with E-state index in [0.29, 0.717) is 38.3 Å². The van der Waals surface area contributed by atoms with Gasteiger partial charge in [0.15, 0.2) is 5.78 Å². The number of pyridine rings is 1. The van der Waals surface area contributed by atoms with E-state index >= 15 is 0 Å². The van der Waals surface area contributed by atoms with Crippen LogP contribution in [0.25, 0.3) is 10.9 Å². The average Bonchev–Trinajstić information content (AvgIpc) is 2.86. The number of carbonyl (C=O) groups is 2. The average molecular weight is 283 g/mol. The maximum atomic E-state index is 12.6. The topological polar surface area (TPSA) is 62.8 Å². The van der Waals surface area contributed by atoms with E-state index in [9.17, 15) is 9.59 Å². The minimum Gasteiger partial charge on any atom is -0.351 e. The zero-order valence-electron chi connectivity index (χ0n) is 10.1. The van der Waals surface area contributed by atoms with Crippen LogP contribution in [0.5, 0.6) is 0 Å². The number of fused-ring (bicyclic) bond motifs is 4. The number of hydrogen-bond acceptors (Lipinski definition) is 3. The molecule has 4 nitrogen and oxygen atoms in total. The van der Waals surface area contributed by atoms with Gasteiger partial charge in [-0.05, 0) is 18.2 Å². The van der Waals surface area contributed by atoms with Crippen LogP contribution in [0, 0.1) is 0 Å². The van der Waals surface area contributed by atoms with E-state index in [1.165, 1.54) is 12.4 Å². The molecule has 0 aliphatic heterocycles. The number of nitrogens with one attached hydrogen (secondary N) is 1. The van der Waals surface area contributed by atoms with Gasteiger partial charge in [-0.2, -0.15) is 0 Å². The maximum Gasteiger partial charge on any atom is 0.210 e. The minimum absolute atomic E-state index is 0.204. The van der Waals surface area contributed by atoms with Crippen LogP contribution in [0.4, 0.5) is 0 Å². The van der Waals surface area contributed by atoms with Gasteiger partial charge in [0.2, 0.25) is 5.78 Å². The van der Waals surface area contributed by atoms with Crippen LogP contribution in [-0.4, -0.2) is 21.5 Å². The molecule has 0 atom stereocenters. The molecule has 0 bridgehead atoms. The van der Waals surface area contributed by atoms with Crippen molar-refractivity contribution >= 4 is 34.1 Å². The summed E-state index contributed by atoms with van der Waals surface area (Å²) >= 11 is 6.18. The van der Waals surface area contributed by atoms with E-state index in [1.54, 1.807) is 24.3 Å². The van der Waals surface area contributed by atoms with Crippen molar-refractivity contribution in [1.82, 2.24) is 9.97 Å². The normalized spacial score (nSPS) is 13.4. The van der Waals surface area contributed by atoms with Crippen molar-refractivity contribution in [2.45, 2.75) is 0 Å². The summed E-state index contributed by atoms with van der Waals surface area (Å²) in [7, 11) is 0. The van der Waals surface area contributed by atoms with Crippen LogP contribution in [-0.2, 0) is 0 Å². The number of rotatable bonds is 0. The molecule has 0 radical (unpaired) electrons. The zero-order valence-corrected chi connectivity index (χ0v) is 10.9. The van der Waals surface area contributed by atoms with Gasteiger partial charge < -0.3 is 4.98 Å². The third kappa shape index (κ3) is 1.29. The minimum atomic E-state index is -0.220. The van der Waals surface area contributed by atoms with Crippen molar-refractivity contribution in [3.05, 3.63) is 64.1 Å². The Kier molecular flexibility index (Phi) is 2.15. The van der Waals surface area contributed by atoms with Crippen LogP contribution in [0.1, 0.15) is 32.0 Å². The predicted octanol–water partition coefficient (Wildman–Crippen LogP) is 2.99. The molecule has 1 aliphatic carbocycles. The fourth-order valence-electron chi connectivity index (χ4n) is 2.64. The van der Waals surface area contributed by atoms with Gasteiger partial charge in [-0.3, -0.25) is 14.6 Å². The van der Waals surface area contributed by atoms with Gasteiger partial charge >= 0.3 is 0 Å². The van der Waals surface area contributed by atoms with Crippen molar-refractivity contribution in [3.63, 3.8) is 0 Å². The van der Waals surface area contributed by atoms with Gasteiger partial charge in [0, 0.05) is 28.9 Å². The van der Waals surface area contributed by atoms with E-state index < -0.39 is 0 Å². The third-order valence-corrected chi connectivity index (χ3v) is 3.85. The first-order chi connectivity index (χ1) is 9.68. The maximum absolute atomic E-state index is 12.6. The molecule has 0 spiro atoms. The number of nitrogens with zero attached hydrogens (tertiary/aromatic N) is 1. The summed E-state index contributed by atoms with van der Waals surface area (Å²) in [6.45, 7) is 0. The number of aromatic amines is 1. The quantitative estimate of drug-likeness (QED) is 0.539. The van der Waals surface area contributed by atoms with Crippen molar-refractivity contribution in [1.29, 1.82) is 0 Å². The molecular formula is C15H7ClN2O2. The molecule has 1 N–H and O–H groups in total. The van der Waals surface area contributed by atoms with Gasteiger partial charge in [0.1, 0.15) is 0 Å². The highest BCUT2D eigenvalue weighted by molar-refractivity contribution is 6.40. The number of carbonyl (C=O) groups excluding carboxylic acids is 2. The first kappa shape index (κ1) is 11.4. The van der Waals surface area contributed by atoms with Gasteiger partial charge in [-0.25, -0.2) is 0 Å². The summed E-state index contributed by atoms with van der Waals surface area (Å²) in [6, 6.07) is 6.83. The summed E-state index contributed by atoms with van der Waals surface area (Å²) in [4.78, 5) is 32.0. The second-order valence-electron chi connectivity index (χ2n) is 4.62. The first-order valence-electron chi connectivity index (χ1n) is 6.02. The number of aromatic nitrogens is 2. The van der Waals surface area contributed by atoms with Crippen LogP contribution < -0.4 is 0 Å². The third-order valence-electron chi connectivity index (χ3n) is 3.54. The lowest BCUT2D eigenvalue weighted by Gasteiger charge is -2.13. The standard InChI is InChI=1S/C15H7ClN2O2/c16-9-2-1-3-10-11(9)12-13(18-10)15(20)7-4-5-17-6-8(7)14(12)19/h1-6,18H. The Morgan fingerprint density at radius 3 is 2.75 bits per heavy atom. The van der Waals surface area contributed by atoms with Crippen molar-refractivity contribution in [2.24, 2.45) is 0 Å². The molecule has 0 unspecified atom stereocenters. The summed E-state index contributed by atoms with van der Waals surface area (Å²) in [5.41, 5.74) is 2.03. The molecule has 2 aromatic heterocycles. The van der Waals surface area contributed by atoms with E-state index in [2.05, 4.69) is 9.97 Å². The largest absolute Gasteiger partial charge is 0.351 e. The molecule has 96 valence electrons. The monoisotopic (exact) mass is 282 g/mol. The lowest BCUT2D eigenvalue weighted by atomic mass is 9.88. The number of ketones is 2. The Morgan fingerprint density at radius 1 is 1.05 bits per heavy atom. The Morgan fingerprint density at radius 2 is 1.90 bits per heavy atom. The number of hydrogen-bond donors (Lipinski definition) is 1. The van der Waals surface area contributed by atoms with Gasteiger partial charge in [0.05, 0.1) is 21.8 Å². The van der Waals surface area contributed by atoms with E-state index in [1.807, 2.05) is 0 Å². The lowest BCUT2D eigenvalue weighted by molar-refractivity contribution is 0.0977. The molecule has 0 amide bonds. The number of halogens is 1. The van der Waals surface area contributed by atoms with E-state index in [-0.39, 0.29) is 11.6 Å². The van der Waals surface area contributed by atoms with Crippen LogP contribution >= 0.6 is 11.6 Å². The zero-order chi connectivity index (χ0) is 13.9. The molecule has 2 heterocycles. The highest BCUT2D eigenvalue weighted by atomic mass is 35.5. The van der Waals surface area contributed by atoms with E-state index in [4.69, 9.17) is 11.6 Å². The van der Waals surface area contributed by atoms with Crippen LogP contribution in [0.3, 0.4) is 0 Å². The first-order valence-corrected chi connectivity index (χ1v) is 6.40. The highest BCUT2D eigenvalue weighted by Gasteiger charge is 2.33. The smallest absolute Gasteiger partial charge is 0.210 e. The van der Waals surface area contributed by atoms with E-state index in [0.717, 1.165) is 0 Å². The SMILES string of the molecule is O=C1c2ccncc2C(=O)c2c1[nH]c1cccc(Cl)c21. The molecule has 4 rings (SSSR count). The predicted molar refractivity (Wildman–Crippen MR) is 74.4 cm³/mol. The lowest BCUT2D eigenvalue weighted by Crippen LogP contribution is -2.20. The van der Waals surface area contributed by atoms with Gasteiger partial charge in [-0.1, -0.05) is 17.7 Å². The number of benzene rings is 1. The van der Waals surface area contributed by atoms with Gasteiger partial charge in [-0.15, -0.1) is 0 Å². The molecule has 1 aromatic carbocycles. The molecule has 3 aromatic rings. The van der Waals surface area contributed by atoms with Crippen LogP contribution in [0.15, 0.2) is 36.7 Å². The second-order valence-corrected chi connectivity index (χ2v) is 5.02. The fourth-order valence-corrected chi connectivity index (χ4v) is 2.91. The molecule has 0 saturated carbocycles. The summed E-state index contributed by atoms with van der Waals surface area (Å²) in [5.74, 6) is -0.425. The summed E-state index contributed by atoms with van der Waals surface area (Å²) in [5, 5.41) is 1.05. The Bertz CT molecular complexity index is 911. The van der Waals surface area contributed by atoms with Gasteiger partial charge in [0.25, 0.3) is 0 Å². The summed E-state index contributed by atoms with van der Waals surface area (Å²) < 4.78 is 0. The molecule has 20 heavy (non-hydrogen) atoms. The highest BCUT2D eigenvalue weighted by Crippen LogP contribution is 2.35. The molecular weight excluding hydrogens is 276 g/mol. The molecule has 0 saturated heterocycles. The molecule has 0 fully saturated rings. The Labute approximate surface area is 118 Å². The Hall–Kier alpha value is -2.46. The van der Waals surface area contributed by atoms with Crippen molar-refractivity contribution in [2.75, 3.05) is 0 Å². The summed E-state index contributed by atoms with van der Waals surface area (Å²) in [6.07, 6.45) is 2.93. The molecule has 1 aliphatic rings. The van der Waals surface area contributed by atoms with Crippen LogP contribution in [0.2, 0.25) is 5.02 Å². The van der Waals surface area contributed by atoms with Crippen molar-refractivity contribution in [3.8, 4) is 0 Å². The second kappa shape index (κ2) is 3.77. The number of H-pyrrole nitrogens is 1.